The van der Waals surface area contributed by atoms with E-state index in [1.54, 1.807) is 0 Å². The van der Waals surface area contributed by atoms with Crippen molar-refractivity contribution in [2.24, 2.45) is 0 Å². The molecule has 4 N–H and O–H groups in total. The quantitative estimate of drug-likeness (QED) is 0.635. The molecule has 0 spiro atoms. The van der Waals surface area contributed by atoms with Crippen molar-refractivity contribution in [1.29, 1.82) is 0 Å². The van der Waals surface area contributed by atoms with Crippen LogP contribution in [0.2, 0.25) is 0 Å². The Kier molecular flexibility index (Phi) is 7.30. The third kappa shape index (κ3) is 5.42. The van der Waals surface area contributed by atoms with Gasteiger partial charge in [0.25, 0.3) is 5.91 Å². The Morgan fingerprint density at radius 3 is 2.48 bits per heavy atom. The fourth-order valence-electron chi connectivity index (χ4n) is 1.85. The molecule has 0 atom stereocenters. The maximum atomic E-state index is 11.7. The van der Waals surface area contributed by atoms with Crippen LogP contribution in [0.15, 0.2) is 28.9 Å². The van der Waals surface area contributed by atoms with Crippen LogP contribution in [0, 0.1) is 0 Å². The molecule has 0 unspecified atom stereocenters. The molecule has 0 fully saturated rings. The SMILES string of the molecule is CN(C)c1ccc(CNCCNC(=O)c2nonc2N)cc1.Cl. The highest BCUT2D eigenvalue weighted by Crippen LogP contribution is 2.11. The van der Waals surface area contributed by atoms with E-state index < -0.39 is 5.91 Å². The maximum Gasteiger partial charge on any atom is 0.277 e. The normalized spacial score (nSPS) is 10.0. The average Bonchev–Trinajstić information content (AvgIpc) is 2.93. The van der Waals surface area contributed by atoms with Gasteiger partial charge in [-0.25, -0.2) is 4.63 Å². The molecule has 1 aromatic carbocycles. The lowest BCUT2D eigenvalue weighted by Gasteiger charge is -2.13. The summed E-state index contributed by atoms with van der Waals surface area (Å²) in [5.74, 6) is -0.401. The number of rotatable bonds is 7. The molecule has 2 aromatic rings. The number of nitrogen functional groups attached to an aromatic ring is 1. The Morgan fingerprint density at radius 2 is 1.91 bits per heavy atom. The van der Waals surface area contributed by atoms with Crippen LogP contribution in [0.5, 0.6) is 0 Å². The molecular formula is C14H21ClN6O2. The maximum absolute atomic E-state index is 11.7. The summed E-state index contributed by atoms with van der Waals surface area (Å²) in [6.07, 6.45) is 0. The van der Waals surface area contributed by atoms with Crippen LogP contribution in [0.4, 0.5) is 11.5 Å². The van der Waals surface area contributed by atoms with Crippen molar-refractivity contribution in [2.45, 2.75) is 6.54 Å². The highest BCUT2D eigenvalue weighted by atomic mass is 35.5. The van der Waals surface area contributed by atoms with Crippen LogP contribution in [-0.4, -0.2) is 43.4 Å². The first kappa shape index (κ1) is 18.7. The van der Waals surface area contributed by atoms with Gasteiger partial charge in [0.15, 0.2) is 0 Å². The van der Waals surface area contributed by atoms with Crippen LogP contribution in [-0.2, 0) is 6.54 Å². The van der Waals surface area contributed by atoms with Gasteiger partial charge in [-0.1, -0.05) is 12.1 Å². The molecule has 0 aliphatic carbocycles. The average molecular weight is 341 g/mol. The number of halogens is 1. The van der Waals surface area contributed by atoms with Gasteiger partial charge in [-0.3, -0.25) is 4.79 Å². The van der Waals surface area contributed by atoms with Gasteiger partial charge in [-0.2, -0.15) is 0 Å². The molecule has 1 heterocycles. The number of carbonyl (C=O) groups excluding carboxylic acids is 1. The van der Waals surface area contributed by atoms with Gasteiger partial charge in [0, 0.05) is 39.4 Å². The second kappa shape index (κ2) is 8.96. The van der Waals surface area contributed by atoms with Gasteiger partial charge < -0.3 is 21.3 Å². The number of aromatic nitrogens is 2. The van der Waals surface area contributed by atoms with Crippen molar-refractivity contribution in [2.75, 3.05) is 37.8 Å². The lowest BCUT2D eigenvalue weighted by Crippen LogP contribution is -2.32. The standard InChI is InChI=1S/C14H20N6O2.ClH/c1-20(2)11-5-3-10(4-6-11)9-16-7-8-17-14(21)12-13(15)19-22-18-12;/h3-6,16H,7-9H2,1-2H3,(H2,15,19)(H,17,21);1H. The van der Waals surface area contributed by atoms with E-state index in [1.807, 2.05) is 14.1 Å². The van der Waals surface area contributed by atoms with Gasteiger partial charge in [-0.15, -0.1) is 12.4 Å². The largest absolute Gasteiger partial charge is 0.379 e. The van der Waals surface area contributed by atoms with Gasteiger partial charge >= 0.3 is 0 Å². The summed E-state index contributed by atoms with van der Waals surface area (Å²) in [6, 6.07) is 8.28. The highest BCUT2D eigenvalue weighted by Gasteiger charge is 2.14. The Bertz CT molecular complexity index is 614. The summed E-state index contributed by atoms with van der Waals surface area (Å²) in [6.45, 7) is 1.82. The van der Waals surface area contributed by atoms with Crippen LogP contribution in [0.25, 0.3) is 0 Å². The van der Waals surface area contributed by atoms with Crippen molar-refractivity contribution < 1.29 is 9.42 Å². The summed E-state index contributed by atoms with van der Waals surface area (Å²) in [7, 11) is 4.01. The number of nitrogens with two attached hydrogens (primary N) is 1. The van der Waals surface area contributed by atoms with Crippen molar-refractivity contribution in [3.05, 3.63) is 35.5 Å². The van der Waals surface area contributed by atoms with E-state index in [1.165, 1.54) is 5.56 Å². The summed E-state index contributed by atoms with van der Waals surface area (Å²) < 4.78 is 4.37. The zero-order valence-corrected chi connectivity index (χ0v) is 13.9. The third-order valence-electron chi connectivity index (χ3n) is 3.10. The second-order valence-electron chi connectivity index (χ2n) is 4.99. The van der Waals surface area contributed by atoms with Gasteiger partial charge in [0.2, 0.25) is 11.5 Å². The van der Waals surface area contributed by atoms with E-state index in [9.17, 15) is 4.79 Å². The number of carbonyl (C=O) groups is 1. The Morgan fingerprint density at radius 1 is 1.22 bits per heavy atom. The number of nitrogens with zero attached hydrogens (tertiary/aromatic N) is 3. The summed E-state index contributed by atoms with van der Waals surface area (Å²) >= 11 is 0. The van der Waals surface area contributed by atoms with Crippen LogP contribution < -0.4 is 21.3 Å². The number of nitrogens with one attached hydrogen (secondary N) is 2. The Labute approximate surface area is 140 Å². The molecule has 0 aliphatic heterocycles. The minimum absolute atomic E-state index is 0. The van der Waals surface area contributed by atoms with E-state index in [2.05, 4.69) is 54.7 Å². The van der Waals surface area contributed by atoms with Gasteiger partial charge in [0.1, 0.15) is 0 Å². The fourth-order valence-corrected chi connectivity index (χ4v) is 1.85. The molecule has 1 aromatic heterocycles. The Balaban J connectivity index is 0.00000264. The fraction of sp³-hybridized carbons (Fsp3) is 0.357. The molecule has 0 aliphatic rings. The number of hydrogen-bond acceptors (Lipinski definition) is 7. The highest BCUT2D eigenvalue weighted by molar-refractivity contribution is 5.95. The number of hydrogen-bond donors (Lipinski definition) is 3. The van der Waals surface area contributed by atoms with Crippen LogP contribution in [0.1, 0.15) is 16.1 Å². The lowest BCUT2D eigenvalue weighted by atomic mass is 10.2. The van der Waals surface area contributed by atoms with E-state index in [-0.39, 0.29) is 23.9 Å². The van der Waals surface area contributed by atoms with E-state index in [0.29, 0.717) is 13.1 Å². The van der Waals surface area contributed by atoms with Crippen molar-refractivity contribution in [3.8, 4) is 0 Å². The molecule has 0 saturated carbocycles. The molecule has 0 bridgehead atoms. The summed E-state index contributed by atoms with van der Waals surface area (Å²) in [5, 5.41) is 12.7. The first-order chi connectivity index (χ1) is 10.6. The molecule has 9 heteroatoms. The predicted molar refractivity (Wildman–Crippen MR) is 90.8 cm³/mol. The molecule has 0 radical (unpaired) electrons. The minimum atomic E-state index is -0.393. The van der Waals surface area contributed by atoms with Crippen molar-refractivity contribution >= 4 is 29.8 Å². The predicted octanol–water partition coefficient (Wildman–Crippen LogP) is 0.659. The lowest BCUT2D eigenvalue weighted by molar-refractivity contribution is 0.0944. The topological polar surface area (TPSA) is 109 Å². The number of anilines is 2. The number of amides is 1. The third-order valence-corrected chi connectivity index (χ3v) is 3.10. The smallest absolute Gasteiger partial charge is 0.277 e. The molecule has 0 saturated heterocycles. The summed E-state index contributed by atoms with van der Waals surface area (Å²) in [5.41, 5.74) is 7.79. The van der Waals surface area contributed by atoms with Crippen LogP contribution in [0.3, 0.4) is 0 Å². The molecule has 2 rings (SSSR count). The van der Waals surface area contributed by atoms with Gasteiger partial charge in [-0.05, 0) is 28.0 Å². The minimum Gasteiger partial charge on any atom is -0.379 e. The Hall–Kier alpha value is -2.32. The molecule has 126 valence electrons. The van der Waals surface area contributed by atoms with E-state index in [4.69, 9.17) is 5.73 Å². The van der Waals surface area contributed by atoms with Gasteiger partial charge in [0.05, 0.1) is 0 Å². The monoisotopic (exact) mass is 340 g/mol. The van der Waals surface area contributed by atoms with Crippen molar-refractivity contribution in [1.82, 2.24) is 20.9 Å². The first-order valence-corrected chi connectivity index (χ1v) is 6.91. The molecule has 8 nitrogen and oxygen atoms in total. The summed E-state index contributed by atoms with van der Waals surface area (Å²) in [4.78, 5) is 13.7. The zero-order valence-electron chi connectivity index (χ0n) is 13.1. The first-order valence-electron chi connectivity index (χ1n) is 6.91. The van der Waals surface area contributed by atoms with E-state index >= 15 is 0 Å². The molecular weight excluding hydrogens is 320 g/mol. The van der Waals surface area contributed by atoms with Crippen LogP contribution >= 0.6 is 12.4 Å². The zero-order chi connectivity index (χ0) is 15.9. The van der Waals surface area contributed by atoms with Crippen molar-refractivity contribution in [3.63, 3.8) is 0 Å². The molecule has 23 heavy (non-hydrogen) atoms. The second-order valence-corrected chi connectivity index (χ2v) is 4.99. The molecule has 1 amide bonds. The number of benzene rings is 1. The van der Waals surface area contributed by atoms with E-state index in [0.717, 1.165) is 12.2 Å².